The molecule has 2 aromatic rings. The van der Waals surface area contributed by atoms with E-state index in [1.807, 2.05) is 24.3 Å². The predicted octanol–water partition coefficient (Wildman–Crippen LogP) is 3.48. The molecule has 27 heavy (non-hydrogen) atoms. The lowest BCUT2D eigenvalue weighted by Gasteiger charge is -2.32. The Morgan fingerprint density at radius 1 is 1.22 bits per heavy atom. The summed E-state index contributed by atoms with van der Waals surface area (Å²) in [5, 5.41) is 11.8. The van der Waals surface area contributed by atoms with E-state index in [1.165, 1.54) is 0 Å². The highest BCUT2D eigenvalue weighted by molar-refractivity contribution is 9.11. The number of nitrogens with one attached hydrogen (secondary N) is 1. The molecule has 1 amide bonds. The number of thiophene rings is 1. The molecular formula is C19H23BrN4O2S. The summed E-state index contributed by atoms with van der Waals surface area (Å²) < 4.78 is 6.65. The Morgan fingerprint density at radius 3 is 2.70 bits per heavy atom. The van der Waals surface area contributed by atoms with Gasteiger partial charge < -0.3 is 15.0 Å². The summed E-state index contributed by atoms with van der Waals surface area (Å²) in [7, 11) is 0. The average Bonchev–Trinajstić information content (AvgIpc) is 3.38. The molecule has 2 aliphatic rings. The summed E-state index contributed by atoms with van der Waals surface area (Å²) in [5.41, 5.74) is 0.887. The van der Waals surface area contributed by atoms with Crippen LogP contribution in [-0.2, 0) is 9.53 Å². The van der Waals surface area contributed by atoms with Crippen LogP contribution in [0.1, 0.15) is 25.7 Å². The fourth-order valence-electron chi connectivity index (χ4n) is 3.61. The standard InChI is InChI=1S/C19H23BrN4O2S/c20-17-5-4-16(27-17)15-3-6-18(23-22-15)24-9-7-13(8-10-24)19(25)21-12-14-2-1-11-26-14/h3-6,13-14H,1-2,7-12H2,(H,21,25). The molecule has 0 aliphatic carbocycles. The highest BCUT2D eigenvalue weighted by atomic mass is 79.9. The van der Waals surface area contributed by atoms with E-state index >= 15 is 0 Å². The number of halogens is 1. The number of hydrogen-bond acceptors (Lipinski definition) is 6. The van der Waals surface area contributed by atoms with Gasteiger partial charge in [-0.1, -0.05) is 0 Å². The minimum atomic E-state index is 0.0818. The first-order valence-corrected chi connectivity index (χ1v) is 11.0. The highest BCUT2D eigenvalue weighted by Gasteiger charge is 2.26. The molecule has 1 unspecified atom stereocenters. The first-order chi connectivity index (χ1) is 13.2. The van der Waals surface area contributed by atoms with E-state index < -0.39 is 0 Å². The lowest BCUT2D eigenvalue weighted by Crippen LogP contribution is -2.42. The van der Waals surface area contributed by atoms with Crippen molar-refractivity contribution in [1.29, 1.82) is 0 Å². The first-order valence-electron chi connectivity index (χ1n) is 9.43. The van der Waals surface area contributed by atoms with Crippen LogP contribution < -0.4 is 10.2 Å². The summed E-state index contributed by atoms with van der Waals surface area (Å²) in [6.45, 7) is 3.13. The quantitative estimate of drug-likeness (QED) is 0.754. The molecule has 4 heterocycles. The van der Waals surface area contributed by atoms with Crippen LogP contribution >= 0.6 is 27.3 Å². The minimum Gasteiger partial charge on any atom is -0.376 e. The molecule has 2 saturated heterocycles. The van der Waals surface area contributed by atoms with Gasteiger partial charge in [-0.15, -0.1) is 21.5 Å². The van der Waals surface area contributed by atoms with Gasteiger partial charge >= 0.3 is 0 Å². The van der Waals surface area contributed by atoms with Crippen molar-refractivity contribution in [2.75, 3.05) is 31.1 Å². The number of anilines is 1. The fourth-order valence-corrected chi connectivity index (χ4v) is 4.96. The van der Waals surface area contributed by atoms with E-state index in [4.69, 9.17) is 4.74 Å². The average molecular weight is 451 g/mol. The number of carbonyl (C=O) groups excluding carboxylic acids is 1. The monoisotopic (exact) mass is 450 g/mol. The third-order valence-electron chi connectivity index (χ3n) is 5.19. The minimum absolute atomic E-state index is 0.0818. The number of aromatic nitrogens is 2. The smallest absolute Gasteiger partial charge is 0.223 e. The van der Waals surface area contributed by atoms with Gasteiger partial charge in [-0.25, -0.2) is 0 Å². The van der Waals surface area contributed by atoms with Crippen LogP contribution in [-0.4, -0.2) is 48.4 Å². The Morgan fingerprint density at radius 2 is 2.07 bits per heavy atom. The molecule has 2 aromatic heterocycles. The fraction of sp³-hybridized carbons (Fsp3) is 0.526. The van der Waals surface area contributed by atoms with Crippen molar-refractivity contribution in [3.63, 3.8) is 0 Å². The van der Waals surface area contributed by atoms with Crippen LogP contribution in [0.4, 0.5) is 5.82 Å². The van der Waals surface area contributed by atoms with Gasteiger partial charge in [-0.2, -0.15) is 0 Å². The van der Waals surface area contributed by atoms with Crippen LogP contribution in [0.15, 0.2) is 28.1 Å². The molecule has 8 heteroatoms. The van der Waals surface area contributed by atoms with E-state index in [0.717, 1.165) is 65.6 Å². The number of amides is 1. The molecule has 0 saturated carbocycles. The van der Waals surface area contributed by atoms with Gasteiger partial charge in [0.1, 0.15) is 5.69 Å². The maximum Gasteiger partial charge on any atom is 0.223 e. The number of ether oxygens (including phenoxy) is 1. The summed E-state index contributed by atoms with van der Waals surface area (Å²) in [6.07, 6.45) is 4.04. The van der Waals surface area contributed by atoms with E-state index in [9.17, 15) is 4.79 Å². The summed E-state index contributed by atoms with van der Waals surface area (Å²) in [6, 6.07) is 8.10. The molecule has 4 rings (SSSR count). The molecule has 0 radical (unpaired) electrons. The second kappa shape index (κ2) is 8.67. The molecule has 0 bridgehead atoms. The molecule has 1 atom stereocenters. The topological polar surface area (TPSA) is 67.3 Å². The van der Waals surface area contributed by atoms with Gasteiger partial charge in [0.25, 0.3) is 0 Å². The Kier molecular flexibility index (Phi) is 6.04. The number of carbonyl (C=O) groups is 1. The lowest BCUT2D eigenvalue weighted by atomic mass is 9.96. The number of rotatable bonds is 5. The Bertz CT molecular complexity index is 768. The van der Waals surface area contributed by atoms with Gasteiger partial charge in [0.15, 0.2) is 5.82 Å². The van der Waals surface area contributed by atoms with Crippen LogP contribution in [0.3, 0.4) is 0 Å². The zero-order chi connectivity index (χ0) is 18.6. The molecule has 2 aliphatic heterocycles. The summed E-state index contributed by atoms with van der Waals surface area (Å²) in [5.74, 6) is 1.13. The van der Waals surface area contributed by atoms with Crippen molar-refractivity contribution in [3.8, 4) is 10.6 Å². The third kappa shape index (κ3) is 4.67. The van der Waals surface area contributed by atoms with Gasteiger partial charge in [-0.3, -0.25) is 4.79 Å². The van der Waals surface area contributed by atoms with Crippen LogP contribution in [0, 0.1) is 5.92 Å². The molecule has 144 valence electrons. The zero-order valence-corrected chi connectivity index (χ0v) is 17.5. The lowest BCUT2D eigenvalue weighted by molar-refractivity contribution is -0.126. The van der Waals surface area contributed by atoms with E-state index in [2.05, 4.69) is 36.3 Å². The SMILES string of the molecule is O=C(NCC1CCCO1)C1CCN(c2ccc(-c3ccc(Br)s3)nn2)CC1. The van der Waals surface area contributed by atoms with E-state index in [-0.39, 0.29) is 17.9 Å². The van der Waals surface area contributed by atoms with Crippen molar-refractivity contribution >= 4 is 39.0 Å². The van der Waals surface area contributed by atoms with Gasteiger partial charge in [0.2, 0.25) is 5.91 Å². The number of hydrogen-bond donors (Lipinski definition) is 1. The number of nitrogens with zero attached hydrogens (tertiary/aromatic N) is 3. The van der Waals surface area contributed by atoms with Crippen molar-refractivity contribution in [3.05, 3.63) is 28.1 Å². The van der Waals surface area contributed by atoms with Crippen molar-refractivity contribution < 1.29 is 9.53 Å². The second-order valence-corrected chi connectivity index (χ2v) is 9.49. The van der Waals surface area contributed by atoms with Gasteiger partial charge in [0, 0.05) is 32.2 Å². The Labute approximate surface area is 171 Å². The molecular weight excluding hydrogens is 428 g/mol. The molecule has 2 fully saturated rings. The molecule has 0 spiro atoms. The maximum atomic E-state index is 12.4. The second-order valence-electron chi connectivity index (χ2n) is 7.02. The Balaban J connectivity index is 1.27. The summed E-state index contributed by atoms with van der Waals surface area (Å²) in [4.78, 5) is 15.7. The van der Waals surface area contributed by atoms with Crippen molar-refractivity contribution in [1.82, 2.24) is 15.5 Å². The zero-order valence-electron chi connectivity index (χ0n) is 15.1. The van der Waals surface area contributed by atoms with Crippen LogP contribution in [0.25, 0.3) is 10.6 Å². The van der Waals surface area contributed by atoms with E-state index in [0.29, 0.717) is 6.54 Å². The summed E-state index contributed by atoms with van der Waals surface area (Å²) >= 11 is 5.12. The highest BCUT2D eigenvalue weighted by Crippen LogP contribution is 2.30. The predicted molar refractivity (Wildman–Crippen MR) is 110 cm³/mol. The maximum absolute atomic E-state index is 12.4. The Hall–Kier alpha value is -1.51. The third-order valence-corrected chi connectivity index (χ3v) is 6.84. The molecule has 6 nitrogen and oxygen atoms in total. The molecule has 0 aromatic carbocycles. The van der Waals surface area contributed by atoms with Crippen molar-refractivity contribution in [2.24, 2.45) is 5.92 Å². The largest absolute Gasteiger partial charge is 0.376 e. The van der Waals surface area contributed by atoms with Gasteiger partial charge in [-0.05, 0) is 65.9 Å². The van der Waals surface area contributed by atoms with E-state index in [1.54, 1.807) is 11.3 Å². The van der Waals surface area contributed by atoms with Crippen LogP contribution in [0.5, 0.6) is 0 Å². The van der Waals surface area contributed by atoms with Crippen molar-refractivity contribution in [2.45, 2.75) is 31.8 Å². The normalized spacial score (nSPS) is 20.8. The molecule has 1 N–H and O–H groups in total. The van der Waals surface area contributed by atoms with Gasteiger partial charge in [0.05, 0.1) is 14.8 Å². The van der Waals surface area contributed by atoms with Crippen LogP contribution in [0.2, 0.25) is 0 Å². The first kappa shape index (κ1) is 18.8. The number of piperidine rings is 1.